The number of nitriles is 1. The molecule has 1 N–H and O–H groups in total. The SMILES string of the molecule is N#Cc1ccccc1OCC(=O)N/N=C\c1ccccc1Cl. The van der Waals surface area contributed by atoms with Crippen molar-refractivity contribution in [3.05, 3.63) is 64.7 Å². The van der Waals surface area contributed by atoms with Crippen LogP contribution >= 0.6 is 11.6 Å². The van der Waals surface area contributed by atoms with Crippen molar-refractivity contribution < 1.29 is 9.53 Å². The Labute approximate surface area is 132 Å². The van der Waals surface area contributed by atoms with Crippen molar-refractivity contribution in [3.8, 4) is 11.8 Å². The van der Waals surface area contributed by atoms with Gasteiger partial charge in [0.15, 0.2) is 6.61 Å². The number of carbonyl (C=O) groups is 1. The van der Waals surface area contributed by atoms with E-state index in [1.54, 1.807) is 42.5 Å². The molecule has 0 aromatic heterocycles. The summed E-state index contributed by atoms with van der Waals surface area (Å²) in [5.41, 5.74) is 3.39. The summed E-state index contributed by atoms with van der Waals surface area (Å²) in [7, 11) is 0. The zero-order chi connectivity index (χ0) is 15.8. The maximum absolute atomic E-state index is 11.6. The van der Waals surface area contributed by atoms with Crippen molar-refractivity contribution in [2.45, 2.75) is 0 Å². The molecule has 0 bridgehead atoms. The van der Waals surface area contributed by atoms with E-state index in [2.05, 4.69) is 10.5 Å². The molecule has 0 saturated carbocycles. The van der Waals surface area contributed by atoms with E-state index in [0.29, 0.717) is 21.9 Å². The molecule has 6 heteroatoms. The first-order valence-corrected chi connectivity index (χ1v) is 6.77. The number of hydrogen-bond donors (Lipinski definition) is 1. The fourth-order valence-electron chi connectivity index (χ4n) is 1.61. The maximum atomic E-state index is 11.6. The molecule has 0 aliphatic carbocycles. The minimum Gasteiger partial charge on any atom is -0.482 e. The molecular weight excluding hydrogens is 302 g/mol. The van der Waals surface area contributed by atoms with E-state index >= 15 is 0 Å². The number of amides is 1. The molecule has 22 heavy (non-hydrogen) atoms. The lowest BCUT2D eigenvalue weighted by Crippen LogP contribution is -2.24. The number of ether oxygens (including phenoxy) is 1. The van der Waals surface area contributed by atoms with Gasteiger partial charge in [0.1, 0.15) is 11.8 Å². The monoisotopic (exact) mass is 313 g/mol. The first-order valence-electron chi connectivity index (χ1n) is 6.39. The molecule has 5 nitrogen and oxygen atoms in total. The van der Waals surface area contributed by atoms with Crippen LogP contribution in [0.1, 0.15) is 11.1 Å². The van der Waals surface area contributed by atoms with Gasteiger partial charge < -0.3 is 4.74 Å². The fraction of sp³-hybridized carbons (Fsp3) is 0.0625. The number of nitrogens with one attached hydrogen (secondary N) is 1. The first kappa shape index (κ1) is 15.5. The molecule has 110 valence electrons. The van der Waals surface area contributed by atoms with Crippen LogP contribution in [0.5, 0.6) is 5.75 Å². The van der Waals surface area contributed by atoms with Crippen LogP contribution in [0.3, 0.4) is 0 Å². The Bertz CT molecular complexity index is 738. The van der Waals surface area contributed by atoms with Gasteiger partial charge in [-0.3, -0.25) is 4.79 Å². The third-order valence-corrected chi connectivity index (χ3v) is 3.01. The number of nitrogens with zero attached hydrogens (tertiary/aromatic N) is 2. The third-order valence-electron chi connectivity index (χ3n) is 2.66. The highest BCUT2D eigenvalue weighted by Crippen LogP contribution is 2.16. The molecule has 1 amide bonds. The standard InChI is InChI=1S/C16H12ClN3O2/c17-14-7-3-1-6-13(14)10-19-20-16(21)11-22-15-8-4-2-5-12(15)9-18/h1-8,10H,11H2,(H,20,21)/b19-10-. The van der Waals surface area contributed by atoms with E-state index in [1.807, 2.05) is 12.1 Å². The van der Waals surface area contributed by atoms with Crippen molar-refractivity contribution in [2.24, 2.45) is 5.10 Å². The number of para-hydroxylation sites is 1. The van der Waals surface area contributed by atoms with Gasteiger partial charge in [0.2, 0.25) is 0 Å². The van der Waals surface area contributed by atoms with Crippen LogP contribution in [0, 0.1) is 11.3 Å². The van der Waals surface area contributed by atoms with Gasteiger partial charge in [-0.2, -0.15) is 10.4 Å². The van der Waals surface area contributed by atoms with E-state index in [-0.39, 0.29) is 6.61 Å². The van der Waals surface area contributed by atoms with Crippen LogP contribution in [0.25, 0.3) is 0 Å². The van der Waals surface area contributed by atoms with Crippen molar-refractivity contribution in [3.63, 3.8) is 0 Å². The lowest BCUT2D eigenvalue weighted by Gasteiger charge is -2.06. The Kier molecular flexibility index (Phi) is 5.52. The van der Waals surface area contributed by atoms with Crippen molar-refractivity contribution in [1.29, 1.82) is 5.26 Å². The predicted molar refractivity (Wildman–Crippen MR) is 83.8 cm³/mol. The molecule has 2 aromatic carbocycles. The number of benzene rings is 2. The molecule has 0 atom stereocenters. The number of rotatable bonds is 5. The lowest BCUT2D eigenvalue weighted by atomic mass is 10.2. The Hall–Kier alpha value is -2.84. The van der Waals surface area contributed by atoms with Gasteiger partial charge in [-0.15, -0.1) is 0 Å². The molecule has 0 unspecified atom stereocenters. The number of halogens is 1. The number of carbonyl (C=O) groups excluding carboxylic acids is 1. The Balaban J connectivity index is 1.86. The van der Waals surface area contributed by atoms with Gasteiger partial charge >= 0.3 is 0 Å². The van der Waals surface area contributed by atoms with E-state index in [9.17, 15) is 4.79 Å². The van der Waals surface area contributed by atoms with Crippen LogP contribution in [0.2, 0.25) is 5.02 Å². The average molecular weight is 314 g/mol. The average Bonchev–Trinajstić information content (AvgIpc) is 2.55. The van der Waals surface area contributed by atoms with Crippen molar-refractivity contribution in [1.82, 2.24) is 5.43 Å². The molecule has 0 spiro atoms. The minimum absolute atomic E-state index is 0.238. The Morgan fingerprint density at radius 3 is 2.77 bits per heavy atom. The van der Waals surface area contributed by atoms with Gasteiger partial charge in [0.25, 0.3) is 5.91 Å². The van der Waals surface area contributed by atoms with Gasteiger partial charge in [-0.05, 0) is 18.2 Å². The van der Waals surface area contributed by atoms with Gasteiger partial charge in [-0.1, -0.05) is 41.9 Å². The fourth-order valence-corrected chi connectivity index (χ4v) is 1.80. The molecule has 2 aromatic rings. The number of hydrogen-bond acceptors (Lipinski definition) is 4. The van der Waals surface area contributed by atoms with Gasteiger partial charge in [-0.25, -0.2) is 5.43 Å². The molecule has 0 fully saturated rings. The molecule has 0 aliphatic rings. The Morgan fingerprint density at radius 2 is 2.00 bits per heavy atom. The highest BCUT2D eigenvalue weighted by Gasteiger charge is 2.05. The van der Waals surface area contributed by atoms with E-state index in [1.165, 1.54) is 6.21 Å². The van der Waals surface area contributed by atoms with E-state index < -0.39 is 5.91 Å². The summed E-state index contributed by atoms with van der Waals surface area (Å²) in [5, 5.41) is 13.3. The van der Waals surface area contributed by atoms with Crippen LogP contribution in [-0.2, 0) is 4.79 Å². The molecule has 0 aliphatic heterocycles. The summed E-state index contributed by atoms with van der Waals surface area (Å²) in [6.45, 7) is -0.238. The lowest BCUT2D eigenvalue weighted by molar-refractivity contribution is -0.123. The largest absolute Gasteiger partial charge is 0.482 e. The highest BCUT2D eigenvalue weighted by molar-refractivity contribution is 6.33. The summed E-state index contributed by atoms with van der Waals surface area (Å²) >= 11 is 5.95. The first-order chi connectivity index (χ1) is 10.7. The zero-order valence-electron chi connectivity index (χ0n) is 11.5. The second-order valence-electron chi connectivity index (χ2n) is 4.21. The molecular formula is C16H12ClN3O2. The summed E-state index contributed by atoms with van der Waals surface area (Å²) in [5.74, 6) is -0.0775. The van der Waals surface area contributed by atoms with Crippen LogP contribution < -0.4 is 10.2 Å². The van der Waals surface area contributed by atoms with Crippen LogP contribution in [0.15, 0.2) is 53.6 Å². The second kappa shape index (κ2) is 7.81. The van der Waals surface area contributed by atoms with Crippen molar-refractivity contribution in [2.75, 3.05) is 6.61 Å². The molecule has 0 radical (unpaired) electrons. The molecule has 0 saturated heterocycles. The minimum atomic E-state index is -0.434. The normalized spacial score (nSPS) is 10.2. The summed E-state index contributed by atoms with van der Waals surface area (Å²) in [6, 6.07) is 15.8. The smallest absolute Gasteiger partial charge is 0.277 e. The third kappa shape index (κ3) is 4.33. The second-order valence-corrected chi connectivity index (χ2v) is 4.62. The quantitative estimate of drug-likeness (QED) is 0.681. The molecule has 2 rings (SSSR count). The van der Waals surface area contributed by atoms with E-state index in [0.717, 1.165) is 0 Å². The zero-order valence-corrected chi connectivity index (χ0v) is 12.2. The molecule has 0 heterocycles. The summed E-state index contributed by atoms with van der Waals surface area (Å²) in [4.78, 5) is 11.6. The highest BCUT2D eigenvalue weighted by atomic mass is 35.5. The van der Waals surface area contributed by atoms with Gasteiger partial charge in [0.05, 0.1) is 11.8 Å². The van der Waals surface area contributed by atoms with Crippen LogP contribution in [0.4, 0.5) is 0 Å². The predicted octanol–water partition coefficient (Wildman–Crippen LogP) is 2.74. The van der Waals surface area contributed by atoms with Gasteiger partial charge in [0, 0.05) is 10.6 Å². The summed E-state index contributed by atoms with van der Waals surface area (Å²) < 4.78 is 5.28. The Morgan fingerprint density at radius 1 is 1.27 bits per heavy atom. The van der Waals surface area contributed by atoms with Crippen LogP contribution in [-0.4, -0.2) is 18.7 Å². The summed E-state index contributed by atoms with van der Waals surface area (Å²) in [6.07, 6.45) is 1.45. The number of hydrazone groups is 1. The van der Waals surface area contributed by atoms with Crippen molar-refractivity contribution >= 4 is 23.7 Å². The van der Waals surface area contributed by atoms with E-state index in [4.69, 9.17) is 21.6 Å². The maximum Gasteiger partial charge on any atom is 0.277 e. The topological polar surface area (TPSA) is 74.5 Å².